The summed E-state index contributed by atoms with van der Waals surface area (Å²) in [5, 5.41) is 8.63. The molecule has 1 aromatic rings. The maximum absolute atomic E-state index is 12.5. The quantitative estimate of drug-likeness (QED) is 0.557. The number of carboxylic acid groups (broad SMARTS) is 1. The standard InChI is InChI=1S/C8H6BF3IO2.K/c1-4-6(9(10,11)12)2-5(8(14)15)3-7(4)13;/h2-3H,1H3,(H,14,15);/q-1;+1. The summed E-state index contributed by atoms with van der Waals surface area (Å²) in [6.45, 7) is -3.83. The molecule has 0 saturated heterocycles. The average molecular weight is 368 g/mol. The van der Waals surface area contributed by atoms with Crippen molar-refractivity contribution in [1.82, 2.24) is 0 Å². The zero-order valence-corrected chi connectivity index (χ0v) is 13.9. The summed E-state index contributed by atoms with van der Waals surface area (Å²) < 4.78 is 37.9. The number of rotatable bonds is 2. The molecule has 1 aromatic carbocycles. The van der Waals surface area contributed by atoms with E-state index < -0.39 is 18.4 Å². The van der Waals surface area contributed by atoms with Crippen molar-refractivity contribution in [1.29, 1.82) is 0 Å². The van der Waals surface area contributed by atoms with Crippen LogP contribution in [0.1, 0.15) is 15.9 Å². The van der Waals surface area contributed by atoms with Crippen LogP contribution in [-0.2, 0) is 0 Å². The largest absolute Gasteiger partial charge is 1.00 e. The van der Waals surface area contributed by atoms with E-state index in [-0.39, 0.29) is 62.5 Å². The Labute approximate surface area is 147 Å². The summed E-state index contributed by atoms with van der Waals surface area (Å²) in [5.74, 6) is -1.35. The normalized spacial score (nSPS) is 10.8. The number of hydrogen-bond donors (Lipinski definition) is 1. The molecule has 0 heterocycles. The number of carbonyl (C=O) groups is 1. The van der Waals surface area contributed by atoms with Crippen molar-refractivity contribution < 1.29 is 74.2 Å². The van der Waals surface area contributed by atoms with Gasteiger partial charge in [0.15, 0.2) is 0 Å². The fourth-order valence-corrected chi connectivity index (χ4v) is 1.81. The average Bonchev–Trinajstić information content (AvgIpc) is 2.06. The molecule has 0 spiro atoms. The van der Waals surface area contributed by atoms with Crippen LogP contribution in [0, 0.1) is 10.5 Å². The molecule has 1 rings (SSSR count). The Hall–Kier alpha value is 0.911. The van der Waals surface area contributed by atoms with Gasteiger partial charge in [0, 0.05) is 3.57 Å². The predicted octanol–water partition coefficient (Wildman–Crippen LogP) is -0.644. The third-order valence-electron chi connectivity index (χ3n) is 1.98. The van der Waals surface area contributed by atoms with Crippen molar-refractivity contribution in [3.63, 3.8) is 0 Å². The Morgan fingerprint density at radius 3 is 2.25 bits per heavy atom. The summed E-state index contributed by atoms with van der Waals surface area (Å²) in [6, 6.07) is 1.91. The van der Waals surface area contributed by atoms with E-state index in [1.54, 1.807) is 22.6 Å². The monoisotopic (exact) mass is 368 g/mol. The second-order valence-electron chi connectivity index (χ2n) is 3.05. The summed E-state index contributed by atoms with van der Waals surface area (Å²) in [5.41, 5.74) is -1.09. The number of benzene rings is 1. The number of carboxylic acids is 1. The third-order valence-corrected chi connectivity index (χ3v) is 3.10. The fourth-order valence-electron chi connectivity index (χ4n) is 1.16. The van der Waals surface area contributed by atoms with E-state index in [1.165, 1.54) is 13.0 Å². The van der Waals surface area contributed by atoms with E-state index in [4.69, 9.17) is 5.11 Å². The van der Waals surface area contributed by atoms with Crippen LogP contribution in [0.5, 0.6) is 0 Å². The summed E-state index contributed by atoms with van der Waals surface area (Å²) >= 11 is 1.70. The van der Waals surface area contributed by atoms with E-state index in [9.17, 15) is 17.7 Å². The van der Waals surface area contributed by atoms with E-state index in [2.05, 4.69) is 0 Å². The molecular weight excluding hydrogens is 362 g/mol. The molecule has 82 valence electrons. The first kappa shape index (κ1) is 16.9. The summed E-state index contributed by atoms with van der Waals surface area (Å²) in [7, 11) is 0. The van der Waals surface area contributed by atoms with Crippen molar-refractivity contribution in [3.8, 4) is 0 Å². The van der Waals surface area contributed by atoms with Crippen LogP contribution in [0.4, 0.5) is 12.9 Å². The van der Waals surface area contributed by atoms with Crippen molar-refractivity contribution in [2.24, 2.45) is 0 Å². The Balaban J connectivity index is 0.00000225. The Bertz CT molecular complexity index is 422. The predicted molar refractivity (Wildman–Crippen MR) is 59.6 cm³/mol. The van der Waals surface area contributed by atoms with Crippen LogP contribution in [0.25, 0.3) is 0 Å². The molecule has 0 aliphatic carbocycles. The van der Waals surface area contributed by atoms with E-state index in [0.29, 0.717) is 9.64 Å². The van der Waals surface area contributed by atoms with Crippen LogP contribution in [0.2, 0.25) is 0 Å². The minimum Gasteiger partial charge on any atom is -0.478 e. The number of halogens is 4. The maximum Gasteiger partial charge on any atom is 1.00 e. The molecule has 16 heavy (non-hydrogen) atoms. The van der Waals surface area contributed by atoms with E-state index in [1.807, 2.05) is 0 Å². The van der Waals surface area contributed by atoms with Gasteiger partial charge in [0.25, 0.3) is 0 Å². The third kappa shape index (κ3) is 3.98. The van der Waals surface area contributed by atoms with Gasteiger partial charge in [-0.15, -0.1) is 5.46 Å². The van der Waals surface area contributed by atoms with E-state index in [0.717, 1.165) is 0 Å². The molecule has 0 bridgehead atoms. The molecule has 8 heteroatoms. The van der Waals surface area contributed by atoms with Crippen LogP contribution in [-0.4, -0.2) is 18.1 Å². The van der Waals surface area contributed by atoms with Gasteiger partial charge in [-0.25, -0.2) is 4.79 Å². The SMILES string of the molecule is Cc1c(I)cc(C(=O)O)cc1[B-](F)(F)F.[K+]. The van der Waals surface area contributed by atoms with Crippen LogP contribution < -0.4 is 56.8 Å². The second kappa shape index (κ2) is 6.19. The van der Waals surface area contributed by atoms with Gasteiger partial charge in [-0.05, 0) is 35.6 Å². The molecule has 0 aliphatic rings. The molecule has 0 amide bonds. The molecular formula is C8H6BF3IKO2. The van der Waals surface area contributed by atoms with Crippen LogP contribution in [0.3, 0.4) is 0 Å². The Morgan fingerprint density at radius 1 is 1.38 bits per heavy atom. The molecule has 0 unspecified atom stereocenters. The van der Waals surface area contributed by atoms with Crippen molar-refractivity contribution in [2.45, 2.75) is 6.92 Å². The maximum atomic E-state index is 12.5. The van der Waals surface area contributed by atoms with Gasteiger partial charge in [0.1, 0.15) is 0 Å². The minimum atomic E-state index is -5.16. The van der Waals surface area contributed by atoms with Gasteiger partial charge >= 0.3 is 64.3 Å². The molecule has 0 radical (unpaired) electrons. The number of hydrogen-bond acceptors (Lipinski definition) is 1. The zero-order chi connectivity index (χ0) is 11.8. The Morgan fingerprint density at radius 2 is 1.88 bits per heavy atom. The van der Waals surface area contributed by atoms with E-state index >= 15 is 0 Å². The first-order valence-corrected chi connectivity index (χ1v) is 5.04. The summed E-state index contributed by atoms with van der Waals surface area (Å²) in [6.07, 6.45) is 0. The van der Waals surface area contributed by atoms with Gasteiger partial charge in [0.05, 0.1) is 5.56 Å². The first-order chi connectivity index (χ1) is 6.73. The molecule has 0 aliphatic heterocycles. The molecule has 0 atom stereocenters. The van der Waals surface area contributed by atoms with Crippen molar-refractivity contribution in [2.75, 3.05) is 0 Å². The molecule has 0 aromatic heterocycles. The van der Waals surface area contributed by atoms with Gasteiger partial charge in [-0.3, -0.25) is 0 Å². The fraction of sp³-hybridized carbons (Fsp3) is 0.125. The van der Waals surface area contributed by atoms with Gasteiger partial charge < -0.3 is 18.1 Å². The molecule has 0 fully saturated rings. The minimum absolute atomic E-state index is 0. The number of aromatic carboxylic acids is 1. The van der Waals surface area contributed by atoms with Crippen LogP contribution >= 0.6 is 22.6 Å². The van der Waals surface area contributed by atoms with Gasteiger partial charge in [-0.2, -0.15) is 0 Å². The smallest absolute Gasteiger partial charge is 0.478 e. The first-order valence-electron chi connectivity index (χ1n) is 3.96. The Kier molecular flexibility index (Phi) is 6.54. The topological polar surface area (TPSA) is 37.3 Å². The van der Waals surface area contributed by atoms with Crippen molar-refractivity contribution >= 4 is 41.0 Å². The van der Waals surface area contributed by atoms with Crippen LogP contribution in [0.15, 0.2) is 12.1 Å². The second-order valence-corrected chi connectivity index (χ2v) is 4.21. The van der Waals surface area contributed by atoms with Gasteiger partial charge in [0.2, 0.25) is 0 Å². The van der Waals surface area contributed by atoms with Gasteiger partial charge in [-0.1, -0.05) is 11.6 Å². The molecule has 1 N–H and O–H groups in total. The molecule has 0 saturated carbocycles. The van der Waals surface area contributed by atoms with Crippen molar-refractivity contribution in [3.05, 3.63) is 26.8 Å². The summed E-state index contributed by atoms with van der Waals surface area (Å²) in [4.78, 5) is 10.6. The molecule has 2 nitrogen and oxygen atoms in total. The zero-order valence-electron chi connectivity index (χ0n) is 8.60.